The van der Waals surface area contributed by atoms with Crippen molar-refractivity contribution in [2.75, 3.05) is 32.2 Å². The minimum absolute atomic E-state index is 0.0578. The third kappa shape index (κ3) is 9.16. The van der Waals surface area contributed by atoms with E-state index in [9.17, 15) is 49.5 Å². The lowest BCUT2D eigenvalue weighted by Gasteiger charge is -2.48. The number of alkyl halides is 6. The molecular weight excluding hydrogens is 863 g/mol. The summed E-state index contributed by atoms with van der Waals surface area (Å²) in [5.74, 6) is -6.85. The number of hydrazine groups is 1. The predicted octanol–water partition coefficient (Wildman–Crippen LogP) is 7.90. The number of hydrogen-bond acceptors (Lipinski definition) is 11. The maximum absolute atomic E-state index is 15.7. The lowest BCUT2D eigenvalue weighted by atomic mass is 9.88. The SMILES string of the molecule is CCOS(=O)(=O)c1ccc(C)cc1OCCOc1ccc(CN2C(=O)C(C(=O)Nc3ccc(C(F)(F)F)cc3-c3cc(C(F)(F)F)ncn3)=C(O)C3(CCCC3)N2C)c(F)c1F. The zero-order chi connectivity index (χ0) is 45.4. The Kier molecular flexibility index (Phi) is 12.9. The monoisotopic (exact) mass is 899 g/mol. The second kappa shape index (κ2) is 17.5. The van der Waals surface area contributed by atoms with E-state index in [2.05, 4.69) is 15.3 Å². The molecule has 2 heterocycles. The Morgan fingerprint density at radius 2 is 1.58 bits per heavy atom. The molecule has 1 aromatic heterocycles. The van der Waals surface area contributed by atoms with Crippen molar-refractivity contribution in [3.05, 3.63) is 106 Å². The van der Waals surface area contributed by atoms with Crippen molar-refractivity contribution in [2.45, 2.75) is 68.9 Å². The minimum atomic E-state index is -5.02. The van der Waals surface area contributed by atoms with Gasteiger partial charge in [0.15, 0.2) is 11.6 Å². The van der Waals surface area contributed by atoms with Gasteiger partial charge in [-0.3, -0.25) is 18.8 Å². The Bertz CT molecular complexity index is 2530. The molecule has 0 atom stereocenters. The van der Waals surface area contributed by atoms with Crippen LogP contribution in [0.1, 0.15) is 55.0 Å². The number of likely N-dealkylation sites (N-methyl/N-ethyl adjacent to an activating group) is 1. The molecule has 2 amide bonds. The van der Waals surface area contributed by atoms with Gasteiger partial charge in [-0.15, -0.1) is 0 Å². The van der Waals surface area contributed by atoms with E-state index in [-0.39, 0.29) is 43.3 Å². The standard InChI is InChI=1S/C40H37F8N5O8S/c1-4-61-62(57,58)30-12-7-22(2)17-29(30)60-16-15-59-28-11-8-23(33(41)34(28)42)20-53-37(56)32(35(54)38(52(53)3)13-5-6-14-38)36(55)51-26-10-9-24(39(43,44)45)18-25(26)27-19-31(40(46,47)48)50-21-49-27/h7-12,17-19,21,54H,4-6,13-16,20H2,1-3H3,(H,51,55). The van der Waals surface area contributed by atoms with Crippen LogP contribution in [0, 0.1) is 18.6 Å². The summed E-state index contributed by atoms with van der Waals surface area (Å²) in [5.41, 5.74) is -6.68. The first-order chi connectivity index (χ1) is 29.1. The van der Waals surface area contributed by atoms with Gasteiger partial charge < -0.3 is 19.9 Å². The molecule has 332 valence electrons. The number of carbonyl (C=O) groups is 2. The number of aliphatic hydroxyl groups is 1. The molecule has 1 aliphatic heterocycles. The fourth-order valence-electron chi connectivity index (χ4n) is 7.20. The topological polar surface area (TPSA) is 160 Å². The van der Waals surface area contributed by atoms with Crippen LogP contribution in [0.2, 0.25) is 0 Å². The summed E-state index contributed by atoms with van der Waals surface area (Å²) in [5, 5.41) is 16.0. The lowest BCUT2D eigenvalue weighted by molar-refractivity contribution is -0.163. The first-order valence-corrected chi connectivity index (χ1v) is 20.1. The molecule has 0 unspecified atom stereocenters. The summed E-state index contributed by atoms with van der Waals surface area (Å²) < 4.78 is 154. The van der Waals surface area contributed by atoms with Gasteiger partial charge in [-0.05, 0) is 74.7 Å². The van der Waals surface area contributed by atoms with Crippen molar-refractivity contribution in [2.24, 2.45) is 0 Å². The van der Waals surface area contributed by atoms with Gasteiger partial charge >= 0.3 is 22.5 Å². The Morgan fingerprint density at radius 3 is 2.23 bits per heavy atom. The summed E-state index contributed by atoms with van der Waals surface area (Å²) in [6, 6.07) is 8.54. The molecule has 0 saturated heterocycles. The summed E-state index contributed by atoms with van der Waals surface area (Å²) >= 11 is 0. The fourth-order valence-corrected chi connectivity index (χ4v) is 8.23. The Hall–Kier alpha value is -5.87. The maximum Gasteiger partial charge on any atom is 0.433 e. The van der Waals surface area contributed by atoms with Gasteiger partial charge in [0.25, 0.3) is 11.8 Å². The normalized spacial score (nSPS) is 16.0. The molecule has 0 radical (unpaired) electrons. The zero-order valence-corrected chi connectivity index (χ0v) is 33.8. The molecule has 1 saturated carbocycles. The van der Waals surface area contributed by atoms with Crippen LogP contribution in [0.5, 0.6) is 11.5 Å². The molecule has 1 fully saturated rings. The smallest absolute Gasteiger partial charge is 0.433 e. The number of hydrogen-bond donors (Lipinski definition) is 2. The molecule has 62 heavy (non-hydrogen) atoms. The molecule has 2 N–H and O–H groups in total. The van der Waals surface area contributed by atoms with Gasteiger partial charge in [-0.25, -0.2) is 19.4 Å². The number of amides is 2. The number of carbonyl (C=O) groups excluding carboxylic acids is 2. The highest BCUT2D eigenvalue weighted by Gasteiger charge is 2.53. The predicted molar refractivity (Wildman–Crippen MR) is 203 cm³/mol. The molecule has 1 aliphatic carbocycles. The second-order valence-electron chi connectivity index (χ2n) is 14.2. The number of ether oxygens (including phenoxy) is 2. The van der Waals surface area contributed by atoms with E-state index in [0.717, 1.165) is 23.2 Å². The van der Waals surface area contributed by atoms with Crippen LogP contribution in [0.15, 0.2) is 77.2 Å². The van der Waals surface area contributed by atoms with E-state index in [0.29, 0.717) is 42.9 Å². The van der Waals surface area contributed by atoms with Crippen molar-refractivity contribution in [1.29, 1.82) is 0 Å². The van der Waals surface area contributed by atoms with Gasteiger partial charge in [0, 0.05) is 18.2 Å². The highest BCUT2D eigenvalue weighted by atomic mass is 32.2. The number of nitrogens with zero attached hydrogens (tertiary/aromatic N) is 4. The van der Waals surface area contributed by atoms with Gasteiger partial charge in [0.2, 0.25) is 5.82 Å². The van der Waals surface area contributed by atoms with E-state index < -0.39 is 109 Å². The van der Waals surface area contributed by atoms with Crippen molar-refractivity contribution in [1.82, 2.24) is 20.0 Å². The van der Waals surface area contributed by atoms with Gasteiger partial charge in [-0.2, -0.15) is 39.2 Å². The lowest BCUT2D eigenvalue weighted by Crippen LogP contribution is -2.62. The van der Waals surface area contributed by atoms with Gasteiger partial charge in [0.05, 0.1) is 35.6 Å². The highest BCUT2D eigenvalue weighted by molar-refractivity contribution is 7.86. The molecule has 0 bridgehead atoms. The third-order valence-corrected chi connectivity index (χ3v) is 11.7. The van der Waals surface area contributed by atoms with E-state index in [1.165, 1.54) is 37.2 Å². The molecular formula is C40H37F8N5O8S. The number of halogens is 8. The summed E-state index contributed by atoms with van der Waals surface area (Å²) in [6.07, 6.45) is -8.18. The molecule has 1 spiro atoms. The van der Waals surface area contributed by atoms with Crippen LogP contribution in [-0.4, -0.2) is 77.7 Å². The molecule has 3 aromatic carbocycles. The van der Waals surface area contributed by atoms with Gasteiger partial charge in [0.1, 0.15) is 47.2 Å². The first kappa shape index (κ1) is 45.7. The second-order valence-corrected chi connectivity index (χ2v) is 15.8. The van der Waals surface area contributed by atoms with E-state index >= 15 is 8.78 Å². The third-order valence-electron chi connectivity index (χ3n) is 10.3. The number of aryl methyl sites for hydroxylation is 1. The van der Waals surface area contributed by atoms with Gasteiger partial charge in [-0.1, -0.05) is 25.0 Å². The molecule has 13 nitrogen and oxygen atoms in total. The molecule has 4 aromatic rings. The number of anilines is 1. The van der Waals surface area contributed by atoms with Crippen LogP contribution >= 0.6 is 0 Å². The van der Waals surface area contributed by atoms with E-state index in [1.54, 1.807) is 6.92 Å². The highest BCUT2D eigenvalue weighted by Crippen LogP contribution is 2.45. The first-order valence-electron chi connectivity index (χ1n) is 18.7. The molecule has 6 rings (SSSR count). The summed E-state index contributed by atoms with van der Waals surface area (Å²) in [4.78, 5) is 34.7. The fraction of sp³-hybridized carbons (Fsp3) is 0.350. The van der Waals surface area contributed by atoms with E-state index in [1.807, 2.05) is 0 Å². The number of aliphatic hydroxyl groups excluding tert-OH is 1. The van der Waals surface area contributed by atoms with E-state index in [4.69, 9.17) is 13.7 Å². The molecule has 22 heteroatoms. The largest absolute Gasteiger partial charge is 0.509 e. The number of aromatic nitrogens is 2. The Balaban J connectivity index is 1.25. The summed E-state index contributed by atoms with van der Waals surface area (Å²) in [6.45, 7) is 1.67. The van der Waals surface area contributed by atoms with Crippen LogP contribution in [-0.2, 0) is 42.8 Å². The van der Waals surface area contributed by atoms with Crippen molar-refractivity contribution < 1.29 is 71.9 Å². The van der Waals surface area contributed by atoms with Crippen LogP contribution in [0.25, 0.3) is 11.3 Å². The van der Waals surface area contributed by atoms with Crippen LogP contribution in [0.4, 0.5) is 40.8 Å². The van der Waals surface area contributed by atoms with Crippen molar-refractivity contribution >= 4 is 27.6 Å². The van der Waals surface area contributed by atoms with Crippen LogP contribution < -0.4 is 14.8 Å². The van der Waals surface area contributed by atoms with Crippen molar-refractivity contribution in [3.8, 4) is 22.8 Å². The Morgan fingerprint density at radius 1 is 0.903 bits per heavy atom. The molecule has 2 aliphatic rings. The maximum atomic E-state index is 15.7. The Labute approximate surface area is 349 Å². The zero-order valence-electron chi connectivity index (χ0n) is 33.0. The number of nitrogens with one attached hydrogen (secondary N) is 1. The quantitative estimate of drug-likeness (QED) is 0.0581. The average molecular weight is 900 g/mol. The number of benzene rings is 3. The summed E-state index contributed by atoms with van der Waals surface area (Å²) in [7, 11) is -2.77. The van der Waals surface area contributed by atoms with Crippen LogP contribution in [0.3, 0.4) is 0 Å². The van der Waals surface area contributed by atoms with Crippen molar-refractivity contribution in [3.63, 3.8) is 0 Å². The minimum Gasteiger partial charge on any atom is -0.509 e. The number of rotatable bonds is 13. The average Bonchev–Trinajstić information content (AvgIpc) is 3.70.